The summed E-state index contributed by atoms with van der Waals surface area (Å²) in [4.78, 5) is 12.2. The number of hydrogen-bond donors (Lipinski definition) is 2. The summed E-state index contributed by atoms with van der Waals surface area (Å²) in [5, 5.41) is 6.32. The Morgan fingerprint density at radius 1 is 1.20 bits per heavy atom. The molecule has 0 bridgehead atoms. The van der Waals surface area contributed by atoms with E-state index in [4.69, 9.17) is 0 Å². The number of hydrogen-bond acceptors (Lipinski definition) is 2. The molecule has 2 aromatic rings. The molecule has 0 fully saturated rings. The highest BCUT2D eigenvalue weighted by molar-refractivity contribution is 9.10. The second-order valence-corrected chi connectivity index (χ2v) is 5.69. The lowest BCUT2D eigenvalue weighted by atomic mass is 10.0. The lowest BCUT2D eigenvalue weighted by Gasteiger charge is -2.18. The van der Waals surface area contributed by atoms with E-state index in [0.29, 0.717) is 5.56 Å². The van der Waals surface area contributed by atoms with E-state index in [1.165, 1.54) is 11.3 Å². The van der Waals surface area contributed by atoms with Crippen molar-refractivity contribution in [1.29, 1.82) is 0 Å². The Kier molecular flexibility index (Phi) is 3.74. The third-order valence-corrected chi connectivity index (χ3v) is 4.11. The fourth-order valence-corrected chi connectivity index (χ4v) is 2.86. The number of anilines is 2. The van der Waals surface area contributed by atoms with Crippen molar-refractivity contribution in [2.75, 3.05) is 17.2 Å². The molecule has 4 heteroatoms. The van der Waals surface area contributed by atoms with Gasteiger partial charge in [0.25, 0.3) is 5.91 Å². The van der Waals surface area contributed by atoms with Crippen LogP contribution < -0.4 is 10.6 Å². The number of halogens is 1. The van der Waals surface area contributed by atoms with Crippen LogP contribution in [0.4, 0.5) is 11.4 Å². The summed E-state index contributed by atoms with van der Waals surface area (Å²) in [6.45, 7) is 1.02. The predicted octanol–water partition coefficient (Wildman–Crippen LogP) is 4.06. The van der Waals surface area contributed by atoms with E-state index >= 15 is 0 Å². The van der Waals surface area contributed by atoms with E-state index in [0.717, 1.165) is 29.5 Å². The van der Waals surface area contributed by atoms with Crippen molar-refractivity contribution >= 4 is 33.2 Å². The molecule has 0 radical (unpaired) electrons. The second-order valence-electron chi connectivity index (χ2n) is 4.84. The minimum absolute atomic E-state index is 0.0961. The summed E-state index contributed by atoms with van der Waals surface area (Å²) < 4.78 is 0.803. The lowest BCUT2D eigenvalue weighted by molar-refractivity contribution is 0.102. The Hall–Kier alpha value is -1.81. The van der Waals surface area contributed by atoms with Crippen molar-refractivity contribution in [2.45, 2.75) is 12.8 Å². The third-order valence-electron chi connectivity index (χ3n) is 3.42. The summed E-state index contributed by atoms with van der Waals surface area (Å²) in [7, 11) is 0. The molecule has 1 aliphatic heterocycles. The Labute approximate surface area is 126 Å². The number of rotatable bonds is 2. The summed E-state index contributed by atoms with van der Waals surface area (Å²) in [5.74, 6) is -0.0961. The SMILES string of the molecule is O=C(Nc1ccc2c(c1)CCCN2)c1ccccc1Br. The molecule has 0 aliphatic carbocycles. The average molecular weight is 331 g/mol. The second kappa shape index (κ2) is 5.67. The molecule has 2 N–H and O–H groups in total. The van der Waals surface area contributed by atoms with Crippen molar-refractivity contribution in [3.63, 3.8) is 0 Å². The molecule has 2 aromatic carbocycles. The Bertz CT molecular complexity index is 655. The van der Waals surface area contributed by atoms with Crippen molar-refractivity contribution in [1.82, 2.24) is 0 Å². The first kappa shape index (κ1) is 13.2. The number of carbonyl (C=O) groups excluding carboxylic acids is 1. The molecule has 0 spiro atoms. The quantitative estimate of drug-likeness (QED) is 0.871. The highest BCUT2D eigenvalue weighted by Gasteiger charge is 2.12. The molecule has 0 saturated carbocycles. The van der Waals surface area contributed by atoms with Crippen LogP contribution in [0.15, 0.2) is 46.9 Å². The first-order valence-corrected chi connectivity index (χ1v) is 7.46. The largest absolute Gasteiger partial charge is 0.385 e. The van der Waals surface area contributed by atoms with Gasteiger partial charge in [0.15, 0.2) is 0 Å². The number of benzene rings is 2. The molecule has 1 heterocycles. The van der Waals surface area contributed by atoms with Crippen LogP contribution in [-0.2, 0) is 6.42 Å². The van der Waals surface area contributed by atoms with E-state index in [2.05, 4.69) is 32.6 Å². The Morgan fingerprint density at radius 3 is 2.90 bits per heavy atom. The number of aryl methyl sites for hydroxylation is 1. The van der Waals surface area contributed by atoms with Crippen LogP contribution in [0.5, 0.6) is 0 Å². The van der Waals surface area contributed by atoms with Crippen molar-refractivity contribution in [3.8, 4) is 0 Å². The summed E-state index contributed by atoms with van der Waals surface area (Å²) in [5.41, 5.74) is 3.92. The molecular weight excluding hydrogens is 316 g/mol. The van der Waals surface area contributed by atoms with Gasteiger partial charge in [-0.1, -0.05) is 12.1 Å². The molecule has 102 valence electrons. The molecule has 20 heavy (non-hydrogen) atoms. The van der Waals surface area contributed by atoms with E-state index in [9.17, 15) is 4.79 Å². The summed E-state index contributed by atoms with van der Waals surface area (Å²) in [6, 6.07) is 13.4. The molecule has 1 aliphatic rings. The first-order valence-electron chi connectivity index (χ1n) is 6.67. The van der Waals surface area contributed by atoms with Gasteiger partial charge in [0.1, 0.15) is 0 Å². The van der Waals surface area contributed by atoms with Crippen LogP contribution in [0.3, 0.4) is 0 Å². The zero-order valence-corrected chi connectivity index (χ0v) is 12.5. The van der Waals surface area contributed by atoms with Crippen LogP contribution >= 0.6 is 15.9 Å². The van der Waals surface area contributed by atoms with Crippen molar-refractivity contribution in [3.05, 3.63) is 58.1 Å². The molecule has 0 atom stereocenters. The molecular formula is C16H15BrN2O. The maximum Gasteiger partial charge on any atom is 0.256 e. The van der Waals surface area contributed by atoms with Crippen LogP contribution in [0.25, 0.3) is 0 Å². The van der Waals surface area contributed by atoms with Gasteiger partial charge in [0.05, 0.1) is 5.56 Å². The summed E-state index contributed by atoms with van der Waals surface area (Å²) >= 11 is 3.40. The van der Waals surface area contributed by atoms with Gasteiger partial charge in [-0.3, -0.25) is 4.79 Å². The van der Waals surface area contributed by atoms with Crippen LogP contribution in [0.2, 0.25) is 0 Å². The average Bonchev–Trinajstić information content (AvgIpc) is 2.47. The molecule has 1 amide bonds. The van der Waals surface area contributed by atoms with Gasteiger partial charge < -0.3 is 10.6 Å². The maximum absolute atomic E-state index is 12.2. The van der Waals surface area contributed by atoms with Crippen molar-refractivity contribution < 1.29 is 4.79 Å². The first-order chi connectivity index (χ1) is 9.74. The molecule has 3 rings (SSSR count). The highest BCUT2D eigenvalue weighted by Crippen LogP contribution is 2.26. The zero-order chi connectivity index (χ0) is 13.9. The van der Waals surface area contributed by atoms with Gasteiger partial charge in [-0.15, -0.1) is 0 Å². The number of amides is 1. The minimum atomic E-state index is -0.0961. The van der Waals surface area contributed by atoms with E-state index in [-0.39, 0.29) is 5.91 Å². The topological polar surface area (TPSA) is 41.1 Å². The van der Waals surface area contributed by atoms with Gasteiger partial charge in [-0.25, -0.2) is 0 Å². The smallest absolute Gasteiger partial charge is 0.256 e. The standard InChI is InChI=1S/C16H15BrN2O/c17-14-6-2-1-5-13(14)16(20)19-12-7-8-15-11(10-12)4-3-9-18-15/h1-2,5-8,10,18H,3-4,9H2,(H,19,20). The van der Waals surface area contributed by atoms with Crippen LogP contribution in [0.1, 0.15) is 22.3 Å². The Morgan fingerprint density at radius 2 is 2.05 bits per heavy atom. The van der Waals surface area contributed by atoms with E-state index in [1.807, 2.05) is 30.3 Å². The highest BCUT2D eigenvalue weighted by atomic mass is 79.9. The predicted molar refractivity (Wildman–Crippen MR) is 85.3 cm³/mol. The van der Waals surface area contributed by atoms with Gasteiger partial charge >= 0.3 is 0 Å². The molecule has 0 aromatic heterocycles. The van der Waals surface area contributed by atoms with Crippen molar-refractivity contribution in [2.24, 2.45) is 0 Å². The lowest BCUT2D eigenvalue weighted by Crippen LogP contribution is -2.15. The minimum Gasteiger partial charge on any atom is -0.385 e. The molecule has 0 unspecified atom stereocenters. The van der Waals surface area contributed by atoms with E-state index < -0.39 is 0 Å². The number of carbonyl (C=O) groups is 1. The number of nitrogens with one attached hydrogen (secondary N) is 2. The third kappa shape index (κ3) is 2.70. The molecule has 3 nitrogen and oxygen atoms in total. The molecule has 0 saturated heterocycles. The fraction of sp³-hybridized carbons (Fsp3) is 0.188. The summed E-state index contributed by atoms with van der Waals surface area (Å²) in [6.07, 6.45) is 2.19. The fourth-order valence-electron chi connectivity index (χ4n) is 2.40. The maximum atomic E-state index is 12.2. The monoisotopic (exact) mass is 330 g/mol. The van der Waals surface area contributed by atoms with Gasteiger partial charge in [-0.2, -0.15) is 0 Å². The zero-order valence-electron chi connectivity index (χ0n) is 10.9. The van der Waals surface area contributed by atoms with Crippen LogP contribution in [-0.4, -0.2) is 12.5 Å². The normalized spacial score (nSPS) is 13.2. The van der Waals surface area contributed by atoms with Gasteiger partial charge in [0, 0.05) is 22.4 Å². The Balaban J connectivity index is 1.81. The number of fused-ring (bicyclic) bond motifs is 1. The van der Waals surface area contributed by atoms with E-state index in [1.54, 1.807) is 6.07 Å². The van der Waals surface area contributed by atoms with Gasteiger partial charge in [-0.05, 0) is 64.7 Å². The van der Waals surface area contributed by atoms with Crippen LogP contribution in [0, 0.1) is 0 Å². The van der Waals surface area contributed by atoms with Gasteiger partial charge in [0.2, 0.25) is 0 Å².